The maximum absolute atomic E-state index is 13.5. The van der Waals surface area contributed by atoms with Crippen molar-refractivity contribution in [2.45, 2.75) is 270 Å². The van der Waals surface area contributed by atoms with E-state index >= 15 is 0 Å². The summed E-state index contributed by atoms with van der Waals surface area (Å²) in [5, 5.41) is 3.00. The third-order valence-corrected chi connectivity index (χ3v) is 14.6. The van der Waals surface area contributed by atoms with E-state index in [1.54, 1.807) is 0 Å². The number of nitrogens with zero attached hydrogens (tertiary/aromatic N) is 1. The highest BCUT2D eigenvalue weighted by Crippen LogP contribution is 2.43. The monoisotopic (exact) mass is 1130 g/mol. The number of nitrogens with one attached hydrogen (secondary N) is 1. The lowest BCUT2D eigenvalue weighted by molar-refractivity contribution is -0.870. The number of unbranched alkanes of at least 4 members (excludes halogenated alkanes) is 23. The normalized spacial score (nSPS) is 14.4. The van der Waals surface area contributed by atoms with Gasteiger partial charge in [-0.25, -0.2) is 4.57 Å². The fraction of sp³-hybridized carbons (Fsp3) is 0.686. The summed E-state index contributed by atoms with van der Waals surface area (Å²) in [6, 6.07) is -0.899. The second kappa shape index (κ2) is 58.6. The van der Waals surface area contributed by atoms with Crippen LogP contribution in [-0.4, -0.2) is 74.3 Å². The first-order valence-electron chi connectivity index (χ1n) is 32.4. The van der Waals surface area contributed by atoms with Crippen molar-refractivity contribution < 1.29 is 37.3 Å². The molecule has 458 valence electrons. The quantitative estimate of drug-likeness (QED) is 0.0205. The molecule has 0 aliphatic rings. The summed E-state index contributed by atoms with van der Waals surface area (Å²) in [5.41, 5.74) is 0. The molecule has 0 aliphatic heterocycles. The topological polar surface area (TPSA) is 111 Å². The largest absolute Gasteiger partial charge is 0.472 e. The molecule has 0 aromatic heterocycles. The van der Waals surface area contributed by atoms with Crippen LogP contribution in [0.15, 0.2) is 122 Å². The Morgan fingerprint density at radius 1 is 0.450 bits per heavy atom. The number of ether oxygens (including phenoxy) is 1. The molecule has 0 fully saturated rings. The van der Waals surface area contributed by atoms with Gasteiger partial charge < -0.3 is 19.4 Å². The van der Waals surface area contributed by atoms with Gasteiger partial charge in [0.15, 0.2) is 0 Å². The first-order valence-corrected chi connectivity index (χ1v) is 33.9. The highest BCUT2D eigenvalue weighted by molar-refractivity contribution is 7.47. The predicted molar refractivity (Wildman–Crippen MR) is 346 cm³/mol. The van der Waals surface area contributed by atoms with E-state index in [1.165, 1.54) is 116 Å². The van der Waals surface area contributed by atoms with Crippen LogP contribution in [0.1, 0.15) is 258 Å². The molecule has 0 aromatic rings. The smallest absolute Gasteiger partial charge is 0.456 e. The molecule has 2 N–H and O–H groups in total. The third kappa shape index (κ3) is 59.0. The minimum absolute atomic E-state index is 0.0200. The highest BCUT2D eigenvalue weighted by atomic mass is 31.2. The van der Waals surface area contributed by atoms with Gasteiger partial charge in [-0.2, -0.15) is 0 Å². The fourth-order valence-electron chi connectivity index (χ4n) is 8.68. The van der Waals surface area contributed by atoms with Crippen LogP contribution >= 0.6 is 7.82 Å². The minimum Gasteiger partial charge on any atom is -0.456 e. The number of allylic oxidation sites excluding steroid dienone is 19. The first-order chi connectivity index (χ1) is 38.9. The van der Waals surface area contributed by atoms with Crippen molar-refractivity contribution in [1.29, 1.82) is 0 Å². The Morgan fingerprint density at radius 2 is 0.812 bits per heavy atom. The van der Waals surface area contributed by atoms with Crippen LogP contribution < -0.4 is 5.32 Å². The van der Waals surface area contributed by atoms with Gasteiger partial charge in [0, 0.05) is 12.8 Å². The molecule has 0 aromatic carbocycles. The van der Waals surface area contributed by atoms with Crippen molar-refractivity contribution in [3.05, 3.63) is 122 Å². The molecule has 1 amide bonds. The zero-order valence-corrected chi connectivity index (χ0v) is 53.2. The second-order valence-electron chi connectivity index (χ2n) is 22.5. The van der Waals surface area contributed by atoms with Crippen LogP contribution in [0.4, 0.5) is 0 Å². The van der Waals surface area contributed by atoms with Gasteiger partial charge in [0.25, 0.3) is 0 Å². The number of hydrogen-bond acceptors (Lipinski definition) is 6. The SMILES string of the molecule is CC/C=C/C/C=C/C/C=C/C/C=C/C/C=C/CCC(=O)NC(COP(=O)(O)OCC[N+](C)(C)C)C(/C=C\CCCCCCCCCCCCC)OC(=O)CCCCCCCCCCC/C=C\C/C=C\C/C=C\C/C=C\CCCCC. The maximum atomic E-state index is 13.5. The molecule has 10 heteroatoms. The number of quaternary nitrogens is 1. The number of hydrogen-bond donors (Lipinski definition) is 2. The second-order valence-corrected chi connectivity index (χ2v) is 24.0. The number of phosphoric ester groups is 1. The Hall–Kier alpha value is -3.59. The fourth-order valence-corrected chi connectivity index (χ4v) is 9.41. The van der Waals surface area contributed by atoms with Crippen LogP contribution in [0.5, 0.6) is 0 Å². The lowest BCUT2D eigenvalue weighted by Gasteiger charge is -2.27. The van der Waals surface area contributed by atoms with Gasteiger partial charge in [-0.05, 0) is 109 Å². The molecule has 0 heterocycles. The Balaban J connectivity index is 5.29. The standard InChI is InChI=1S/C70H121N2O7P/c1-7-10-13-16-19-22-25-28-30-32-33-34-35-36-37-38-39-40-42-45-48-51-54-57-60-63-70(74)79-68(61-58-55-52-49-46-43-27-24-21-18-15-12-9-3)67(66-78-80(75,76)77-65-64-72(4,5)6)71-69(73)62-59-56-53-50-47-44-41-31-29-26-23-20-17-14-11-8-2/h11,14,19-20,22-23,28-31,33-34,36-37,44,47,53,56,58,61,67-68H,7-10,12-13,15-18,21,24-27,32,35,38-43,45-46,48-52,54-55,57,59-60,62-66H2,1-6H3,(H-,71,73,75,76)/p+1/b14-11+,22-19-,23-20+,30-28-,31-29+,34-33-,37-36-,47-44+,56-53+,61-58-. The summed E-state index contributed by atoms with van der Waals surface area (Å²) in [6.07, 6.45) is 82.2. The van der Waals surface area contributed by atoms with Gasteiger partial charge >= 0.3 is 13.8 Å². The molecule has 80 heavy (non-hydrogen) atoms. The number of esters is 1. The van der Waals surface area contributed by atoms with Crippen molar-refractivity contribution in [3.63, 3.8) is 0 Å². The Morgan fingerprint density at radius 3 is 1.25 bits per heavy atom. The molecule has 0 saturated heterocycles. The lowest BCUT2D eigenvalue weighted by atomic mass is 10.0. The van der Waals surface area contributed by atoms with Crippen LogP contribution in [0.3, 0.4) is 0 Å². The van der Waals surface area contributed by atoms with Gasteiger partial charge in [0.1, 0.15) is 19.3 Å². The van der Waals surface area contributed by atoms with Gasteiger partial charge in [-0.1, -0.05) is 258 Å². The van der Waals surface area contributed by atoms with Crippen molar-refractivity contribution in [1.82, 2.24) is 5.32 Å². The van der Waals surface area contributed by atoms with Crippen molar-refractivity contribution >= 4 is 19.7 Å². The number of rotatable bonds is 57. The number of amides is 1. The van der Waals surface area contributed by atoms with E-state index in [4.69, 9.17) is 13.8 Å². The van der Waals surface area contributed by atoms with E-state index in [9.17, 15) is 19.0 Å². The summed E-state index contributed by atoms with van der Waals surface area (Å²) in [7, 11) is 1.43. The molecular formula is C70H122N2O7P+. The van der Waals surface area contributed by atoms with Crippen LogP contribution in [0, 0.1) is 0 Å². The molecule has 0 saturated carbocycles. The summed E-state index contributed by atoms with van der Waals surface area (Å²) < 4.78 is 30.7. The van der Waals surface area contributed by atoms with Crippen LogP contribution in [0.2, 0.25) is 0 Å². The lowest BCUT2D eigenvalue weighted by Crippen LogP contribution is -2.47. The van der Waals surface area contributed by atoms with E-state index in [-0.39, 0.29) is 37.9 Å². The van der Waals surface area contributed by atoms with Gasteiger partial charge in [-0.3, -0.25) is 18.6 Å². The molecule has 0 bridgehead atoms. The summed E-state index contributed by atoms with van der Waals surface area (Å²) in [5.74, 6) is -0.614. The van der Waals surface area contributed by atoms with Crippen molar-refractivity contribution in [2.24, 2.45) is 0 Å². The molecule has 3 unspecified atom stereocenters. The molecule has 0 rings (SSSR count). The molecule has 0 spiro atoms. The van der Waals surface area contributed by atoms with Crippen LogP contribution in [0.25, 0.3) is 0 Å². The van der Waals surface area contributed by atoms with Crippen molar-refractivity contribution in [3.8, 4) is 0 Å². The molecular weight excluding hydrogens is 1010 g/mol. The van der Waals surface area contributed by atoms with E-state index in [1.807, 2.05) is 39.4 Å². The average molecular weight is 1130 g/mol. The van der Waals surface area contributed by atoms with E-state index in [2.05, 4.69) is 129 Å². The molecule has 0 aliphatic carbocycles. The number of phosphoric acid groups is 1. The number of carbonyl (C=O) groups excluding carboxylic acids is 2. The Kier molecular flexibility index (Phi) is 56.0. The maximum Gasteiger partial charge on any atom is 0.472 e. The van der Waals surface area contributed by atoms with Gasteiger partial charge in [-0.15, -0.1) is 0 Å². The van der Waals surface area contributed by atoms with Gasteiger partial charge in [0.2, 0.25) is 5.91 Å². The van der Waals surface area contributed by atoms with Crippen LogP contribution in [-0.2, 0) is 27.9 Å². The number of carbonyl (C=O) groups is 2. The molecule has 0 radical (unpaired) electrons. The molecule has 9 nitrogen and oxygen atoms in total. The summed E-state index contributed by atoms with van der Waals surface area (Å²) in [4.78, 5) is 37.7. The third-order valence-electron chi connectivity index (χ3n) is 13.6. The Bertz CT molecular complexity index is 1780. The minimum atomic E-state index is -4.48. The Labute approximate surface area is 493 Å². The predicted octanol–water partition coefficient (Wildman–Crippen LogP) is 20.3. The highest BCUT2D eigenvalue weighted by Gasteiger charge is 2.30. The van der Waals surface area contributed by atoms with E-state index in [0.29, 0.717) is 17.4 Å². The first kappa shape index (κ1) is 76.4. The van der Waals surface area contributed by atoms with Gasteiger partial charge in [0.05, 0.1) is 33.8 Å². The number of likely N-dealkylation sites (N-methyl/N-ethyl adjacent to an activating group) is 1. The van der Waals surface area contributed by atoms with E-state index < -0.39 is 20.0 Å². The average Bonchev–Trinajstić information content (AvgIpc) is 3.42. The van der Waals surface area contributed by atoms with Crippen molar-refractivity contribution in [2.75, 3.05) is 40.9 Å². The van der Waals surface area contributed by atoms with E-state index in [0.717, 1.165) is 103 Å². The summed E-state index contributed by atoms with van der Waals surface area (Å²) >= 11 is 0. The zero-order chi connectivity index (χ0) is 58.6. The zero-order valence-electron chi connectivity index (χ0n) is 52.3. The molecule has 3 atom stereocenters. The summed E-state index contributed by atoms with van der Waals surface area (Å²) in [6.45, 7) is 6.80.